The van der Waals surface area contributed by atoms with Gasteiger partial charge in [0.1, 0.15) is 0 Å². The first-order valence-corrected chi connectivity index (χ1v) is 8.36. The van der Waals surface area contributed by atoms with Gasteiger partial charge in [-0.1, -0.05) is 31.2 Å². The van der Waals surface area contributed by atoms with Crippen LogP contribution in [0.3, 0.4) is 0 Å². The molecule has 1 saturated heterocycles. The van der Waals surface area contributed by atoms with Crippen molar-refractivity contribution in [2.24, 2.45) is 0 Å². The fourth-order valence-electron chi connectivity index (χ4n) is 3.51. The summed E-state index contributed by atoms with van der Waals surface area (Å²) in [4.78, 5) is 15.1. The van der Waals surface area contributed by atoms with Gasteiger partial charge >= 0.3 is 0 Å². The average molecular weight is 302 g/mol. The molecule has 0 aromatic heterocycles. The number of morpholine rings is 1. The quantitative estimate of drug-likeness (QED) is 0.907. The third-order valence-corrected chi connectivity index (χ3v) is 4.95. The van der Waals surface area contributed by atoms with Crippen LogP contribution >= 0.6 is 0 Å². The van der Waals surface area contributed by atoms with E-state index in [1.165, 1.54) is 11.1 Å². The fourth-order valence-corrected chi connectivity index (χ4v) is 3.51. The first-order chi connectivity index (χ1) is 10.7. The van der Waals surface area contributed by atoms with Gasteiger partial charge in [-0.3, -0.25) is 9.69 Å². The van der Waals surface area contributed by atoms with Gasteiger partial charge in [0.2, 0.25) is 5.91 Å². The number of nitrogens with zero attached hydrogens (tertiary/aromatic N) is 1. The molecular weight excluding hydrogens is 276 g/mol. The first-order valence-electron chi connectivity index (χ1n) is 8.36. The molecule has 1 heterocycles. The normalized spacial score (nSPS) is 22.1. The van der Waals surface area contributed by atoms with Gasteiger partial charge in [-0.2, -0.15) is 0 Å². The van der Waals surface area contributed by atoms with E-state index in [9.17, 15) is 4.79 Å². The van der Waals surface area contributed by atoms with Crippen LogP contribution in [-0.4, -0.2) is 43.2 Å². The molecule has 1 aromatic rings. The van der Waals surface area contributed by atoms with E-state index in [0.29, 0.717) is 0 Å². The Morgan fingerprint density at radius 2 is 2.00 bits per heavy atom. The number of hydrogen-bond donors (Lipinski definition) is 1. The van der Waals surface area contributed by atoms with Crippen molar-refractivity contribution in [3.8, 4) is 0 Å². The summed E-state index contributed by atoms with van der Waals surface area (Å²) >= 11 is 0. The van der Waals surface area contributed by atoms with Gasteiger partial charge in [0.25, 0.3) is 0 Å². The topological polar surface area (TPSA) is 41.6 Å². The predicted octanol–water partition coefficient (Wildman–Crippen LogP) is 2.21. The molecule has 0 bridgehead atoms. The van der Waals surface area contributed by atoms with Crippen molar-refractivity contribution in [3.05, 3.63) is 35.4 Å². The summed E-state index contributed by atoms with van der Waals surface area (Å²) in [5.41, 5.74) is 2.42. The van der Waals surface area contributed by atoms with Crippen LogP contribution in [-0.2, 0) is 15.1 Å². The van der Waals surface area contributed by atoms with Crippen molar-refractivity contribution in [1.82, 2.24) is 10.2 Å². The Hall–Kier alpha value is -1.39. The van der Waals surface area contributed by atoms with Crippen LogP contribution in [0.25, 0.3) is 0 Å². The molecule has 1 aliphatic heterocycles. The minimum absolute atomic E-state index is 0.0367. The van der Waals surface area contributed by atoms with Crippen LogP contribution in [0.5, 0.6) is 0 Å². The summed E-state index contributed by atoms with van der Waals surface area (Å²) in [6.45, 7) is 7.37. The number of rotatable bonds is 5. The van der Waals surface area contributed by atoms with E-state index < -0.39 is 0 Å². The van der Waals surface area contributed by atoms with Gasteiger partial charge in [0.05, 0.1) is 24.8 Å². The molecule has 1 aromatic carbocycles. The first kappa shape index (κ1) is 15.5. The third kappa shape index (κ3) is 3.03. The Labute approximate surface area is 132 Å². The number of nitrogens with one attached hydrogen (secondary N) is 1. The van der Waals surface area contributed by atoms with Crippen LogP contribution < -0.4 is 5.32 Å². The molecule has 1 amide bonds. The molecule has 0 spiro atoms. The molecule has 1 saturated carbocycles. The van der Waals surface area contributed by atoms with E-state index in [4.69, 9.17) is 4.74 Å². The molecule has 1 atom stereocenters. The number of hydrogen-bond acceptors (Lipinski definition) is 3. The van der Waals surface area contributed by atoms with Gasteiger partial charge in [-0.05, 0) is 37.3 Å². The Morgan fingerprint density at radius 3 is 2.59 bits per heavy atom. The van der Waals surface area contributed by atoms with E-state index in [0.717, 1.165) is 45.6 Å². The number of carbonyl (C=O) groups is 1. The predicted molar refractivity (Wildman–Crippen MR) is 86.7 cm³/mol. The highest BCUT2D eigenvalue weighted by molar-refractivity contribution is 5.83. The lowest BCUT2D eigenvalue weighted by molar-refractivity contribution is -0.129. The summed E-state index contributed by atoms with van der Waals surface area (Å²) in [5, 5.41) is 3.35. The van der Waals surface area contributed by atoms with E-state index in [1.807, 2.05) is 0 Å². The maximum Gasteiger partial charge on any atom is 0.238 e. The number of aryl methyl sites for hydroxylation is 1. The standard InChI is InChI=1S/C18H26N2O2/c1-3-16(20-10-12-22-13-11-20)17(21)19-18(8-9-18)15-7-5-4-6-14(15)2/h4-7,16H,3,8-13H2,1-2H3,(H,19,21)/t16-/m1/s1. The van der Waals surface area contributed by atoms with Crippen molar-refractivity contribution in [2.75, 3.05) is 26.3 Å². The highest BCUT2D eigenvalue weighted by Crippen LogP contribution is 2.46. The molecule has 22 heavy (non-hydrogen) atoms. The lowest BCUT2D eigenvalue weighted by Gasteiger charge is -2.34. The minimum atomic E-state index is -0.123. The number of amides is 1. The maximum absolute atomic E-state index is 12.8. The smallest absolute Gasteiger partial charge is 0.238 e. The summed E-state index contributed by atoms with van der Waals surface area (Å²) in [5.74, 6) is 0.171. The summed E-state index contributed by atoms with van der Waals surface area (Å²) in [6, 6.07) is 8.36. The minimum Gasteiger partial charge on any atom is -0.379 e. The monoisotopic (exact) mass is 302 g/mol. The third-order valence-electron chi connectivity index (χ3n) is 4.95. The second-order valence-corrected chi connectivity index (χ2v) is 6.46. The zero-order chi connectivity index (χ0) is 15.6. The van der Waals surface area contributed by atoms with Crippen molar-refractivity contribution in [2.45, 2.75) is 44.7 Å². The Balaban J connectivity index is 1.71. The highest BCUT2D eigenvalue weighted by Gasteiger charge is 2.47. The lowest BCUT2D eigenvalue weighted by Crippen LogP contribution is -2.52. The van der Waals surface area contributed by atoms with Crippen molar-refractivity contribution in [1.29, 1.82) is 0 Å². The van der Waals surface area contributed by atoms with Crippen LogP contribution in [0.1, 0.15) is 37.3 Å². The van der Waals surface area contributed by atoms with Gasteiger partial charge in [0, 0.05) is 13.1 Å². The molecule has 0 radical (unpaired) electrons. The van der Waals surface area contributed by atoms with E-state index in [2.05, 4.69) is 48.3 Å². The summed E-state index contributed by atoms with van der Waals surface area (Å²) < 4.78 is 5.40. The zero-order valence-corrected chi connectivity index (χ0v) is 13.6. The molecule has 0 unspecified atom stereocenters. The number of benzene rings is 1. The Morgan fingerprint density at radius 1 is 1.32 bits per heavy atom. The Bertz CT molecular complexity index is 534. The molecule has 2 fully saturated rings. The van der Waals surface area contributed by atoms with Crippen LogP contribution in [0.4, 0.5) is 0 Å². The second kappa shape index (κ2) is 6.39. The summed E-state index contributed by atoms with van der Waals surface area (Å²) in [6.07, 6.45) is 2.93. The van der Waals surface area contributed by atoms with Crippen molar-refractivity contribution in [3.63, 3.8) is 0 Å². The number of ether oxygens (including phenoxy) is 1. The molecule has 1 N–H and O–H groups in total. The van der Waals surface area contributed by atoms with Gasteiger partial charge in [-0.25, -0.2) is 0 Å². The molecular formula is C18H26N2O2. The van der Waals surface area contributed by atoms with Crippen LogP contribution in [0.15, 0.2) is 24.3 Å². The summed E-state index contributed by atoms with van der Waals surface area (Å²) in [7, 11) is 0. The SMILES string of the molecule is CC[C@H](C(=O)NC1(c2ccccc2C)CC1)N1CCOCC1. The van der Waals surface area contributed by atoms with Crippen molar-refractivity contribution < 1.29 is 9.53 Å². The average Bonchev–Trinajstić information content (AvgIpc) is 3.30. The zero-order valence-electron chi connectivity index (χ0n) is 13.6. The van der Waals surface area contributed by atoms with Crippen LogP contribution in [0.2, 0.25) is 0 Å². The second-order valence-electron chi connectivity index (χ2n) is 6.46. The highest BCUT2D eigenvalue weighted by atomic mass is 16.5. The van der Waals surface area contributed by atoms with Gasteiger partial charge < -0.3 is 10.1 Å². The molecule has 3 rings (SSSR count). The van der Waals surface area contributed by atoms with E-state index >= 15 is 0 Å². The van der Waals surface area contributed by atoms with E-state index in [-0.39, 0.29) is 17.5 Å². The Kier molecular flexibility index (Phi) is 4.50. The molecule has 4 nitrogen and oxygen atoms in total. The van der Waals surface area contributed by atoms with E-state index in [1.54, 1.807) is 0 Å². The largest absolute Gasteiger partial charge is 0.379 e. The molecule has 1 aliphatic carbocycles. The van der Waals surface area contributed by atoms with Gasteiger partial charge in [-0.15, -0.1) is 0 Å². The van der Waals surface area contributed by atoms with Crippen LogP contribution in [0, 0.1) is 6.92 Å². The fraction of sp³-hybridized carbons (Fsp3) is 0.611. The number of carbonyl (C=O) groups excluding carboxylic acids is 1. The maximum atomic E-state index is 12.8. The van der Waals surface area contributed by atoms with Crippen molar-refractivity contribution >= 4 is 5.91 Å². The molecule has 120 valence electrons. The molecule has 2 aliphatic rings. The van der Waals surface area contributed by atoms with Gasteiger partial charge in [0.15, 0.2) is 0 Å². The lowest BCUT2D eigenvalue weighted by atomic mass is 9.98. The molecule has 4 heteroatoms.